The van der Waals surface area contributed by atoms with Crippen molar-refractivity contribution in [3.05, 3.63) is 28.7 Å². The zero-order chi connectivity index (χ0) is 12.1. The summed E-state index contributed by atoms with van der Waals surface area (Å²) in [7, 11) is 2.19. The minimum atomic E-state index is 0.615. The Balaban J connectivity index is 1.74. The van der Waals surface area contributed by atoms with Gasteiger partial charge in [-0.25, -0.2) is 0 Å². The van der Waals surface area contributed by atoms with Crippen LogP contribution in [-0.2, 0) is 0 Å². The lowest BCUT2D eigenvalue weighted by Gasteiger charge is -2.31. The van der Waals surface area contributed by atoms with Crippen molar-refractivity contribution in [3.8, 4) is 0 Å². The highest BCUT2D eigenvalue weighted by Crippen LogP contribution is 2.21. The van der Waals surface area contributed by atoms with Crippen molar-refractivity contribution in [2.75, 3.05) is 38.5 Å². The van der Waals surface area contributed by atoms with Gasteiger partial charge in [0.2, 0.25) is 0 Å². The Morgan fingerprint density at radius 2 is 2.29 bits per heavy atom. The van der Waals surface area contributed by atoms with Gasteiger partial charge in [0, 0.05) is 42.4 Å². The quantitative estimate of drug-likeness (QED) is 0.892. The van der Waals surface area contributed by atoms with Gasteiger partial charge in [0.1, 0.15) is 0 Å². The van der Waals surface area contributed by atoms with Gasteiger partial charge in [0.25, 0.3) is 0 Å². The molecule has 0 bridgehead atoms. The third-order valence-corrected chi connectivity index (χ3v) is 3.83. The minimum absolute atomic E-state index is 0.615. The van der Waals surface area contributed by atoms with E-state index in [1.165, 1.54) is 5.69 Å². The molecule has 0 aliphatic carbocycles. The molecule has 1 aliphatic heterocycles. The van der Waals surface area contributed by atoms with E-state index in [1.54, 1.807) is 0 Å². The highest BCUT2D eigenvalue weighted by Gasteiger charge is 2.15. The van der Waals surface area contributed by atoms with Crippen LogP contribution in [0.2, 0.25) is 0 Å². The highest BCUT2D eigenvalue weighted by atomic mass is 79.9. The predicted octanol–water partition coefficient (Wildman–Crippen LogP) is 2.15. The van der Waals surface area contributed by atoms with Gasteiger partial charge in [-0.15, -0.1) is 0 Å². The average Bonchev–Trinajstić information content (AvgIpc) is 2.32. The Labute approximate surface area is 112 Å². The van der Waals surface area contributed by atoms with E-state index in [0.717, 1.165) is 37.1 Å². The number of piperazine rings is 1. The van der Waals surface area contributed by atoms with Crippen LogP contribution in [0.1, 0.15) is 6.42 Å². The molecular formula is C13H20BrN3. The molecule has 2 N–H and O–H groups in total. The first-order valence-corrected chi connectivity index (χ1v) is 6.95. The molecule has 0 aromatic heterocycles. The fourth-order valence-corrected chi connectivity index (χ4v) is 2.60. The van der Waals surface area contributed by atoms with Gasteiger partial charge >= 0.3 is 0 Å². The molecule has 0 amide bonds. The summed E-state index contributed by atoms with van der Waals surface area (Å²) in [6.45, 7) is 4.43. The maximum absolute atomic E-state index is 3.56. The summed E-state index contributed by atoms with van der Waals surface area (Å²) in [5.41, 5.74) is 1.18. The van der Waals surface area contributed by atoms with E-state index in [9.17, 15) is 0 Å². The van der Waals surface area contributed by atoms with Crippen molar-refractivity contribution in [2.45, 2.75) is 12.5 Å². The predicted molar refractivity (Wildman–Crippen MR) is 76.5 cm³/mol. The molecule has 1 atom stereocenters. The summed E-state index contributed by atoms with van der Waals surface area (Å²) in [5, 5.41) is 7.03. The second-order valence-corrected chi connectivity index (χ2v) is 5.46. The fraction of sp³-hybridized carbons (Fsp3) is 0.538. The van der Waals surface area contributed by atoms with E-state index >= 15 is 0 Å². The summed E-state index contributed by atoms with van der Waals surface area (Å²) >= 11 is 3.55. The van der Waals surface area contributed by atoms with Gasteiger partial charge in [0.05, 0.1) is 0 Å². The van der Waals surface area contributed by atoms with Gasteiger partial charge < -0.3 is 15.5 Å². The van der Waals surface area contributed by atoms with Crippen LogP contribution in [0.5, 0.6) is 0 Å². The molecule has 94 valence electrons. The monoisotopic (exact) mass is 297 g/mol. The molecule has 3 nitrogen and oxygen atoms in total. The van der Waals surface area contributed by atoms with Crippen LogP contribution in [-0.4, -0.2) is 44.2 Å². The number of nitrogens with zero attached hydrogens (tertiary/aromatic N) is 1. The lowest BCUT2D eigenvalue weighted by molar-refractivity contribution is 0.234. The van der Waals surface area contributed by atoms with Crippen LogP contribution >= 0.6 is 15.9 Å². The molecule has 1 fully saturated rings. The number of anilines is 1. The van der Waals surface area contributed by atoms with Gasteiger partial charge in [-0.1, -0.05) is 12.1 Å². The molecule has 1 saturated heterocycles. The highest BCUT2D eigenvalue weighted by molar-refractivity contribution is 9.10. The Morgan fingerprint density at radius 3 is 3.06 bits per heavy atom. The minimum Gasteiger partial charge on any atom is -0.384 e. The van der Waals surface area contributed by atoms with Crippen LogP contribution < -0.4 is 10.6 Å². The first kappa shape index (κ1) is 12.9. The molecule has 0 spiro atoms. The molecule has 17 heavy (non-hydrogen) atoms. The van der Waals surface area contributed by atoms with E-state index < -0.39 is 0 Å². The molecular weight excluding hydrogens is 278 g/mol. The molecule has 1 aliphatic rings. The fourth-order valence-electron chi connectivity index (χ4n) is 2.17. The number of halogens is 1. The Morgan fingerprint density at radius 1 is 1.47 bits per heavy atom. The standard InChI is InChI=1S/C13H20BrN3/c1-17-9-8-15-11(10-17)6-7-16-13-5-3-2-4-12(13)14/h2-5,11,15-16H,6-10H2,1H3. The Hall–Kier alpha value is -0.580. The van der Waals surface area contributed by atoms with E-state index in [0.29, 0.717) is 6.04 Å². The van der Waals surface area contributed by atoms with Gasteiger partial charge in [-0.3, -0.25) is 0 Å². The SMILES string of the molecule is CN1CCNC(CCNc2ccccc2Br)C1. The van der Waals surface area contributed by atoms with Crippen LogP contribution in [0, 0.1) is 0 Å². The smallest absolute Gasteiger partial charge is 0.0484 e. The summed E-state index contributed by atoms with van der Waals surface area (Å²) in [6, 6.07) is 8.87. The third-order valence-electron chi connectivity index (χ3n) is 3.14. The Bertz CT molecular complexity index is 356. The number of nitrogens with one attached hydrogen (secondary N) is 2. The molecule has 0 saturated carbocycles. The van der Waals surface area contributed by atoms with Crippen LogP contribution in [0.3, 0.4) is 0 Å². The van der Waals surface area contributed by atoms with E-state index in [4.69, 9.17) is 0 Å². The van der Waals surface area contributed by atoms with E-state index in [1.807, 2.05) is 6.07 Å². The lowest BCUT2D eigenvalue weighted by Crippen LogP contribution is -2.49. The largest absolute Gasteiger partial charge is 0.384 e. The number of hydrogen-bond donors (Lipinski definition) is 2. The van der Waals surface area contributed by atoms with Crippen molar-refractivity contribution in [2.24, 2.45) is 0 Å². The van der Waals surface area contributed by atoms with Gasteiger partial charge in [-0.05, 0) is 41.5 Å². The van der Waals surface area contributed by atoms with Crippen LogP contribution in [0.15, 0.2) is 28.7 Å². The molecule has 0 radical (unpaired) electrons. The molecule has 4 heteroatoms. The zero-order valence-electron chi connectivity index (χ0n) is 10.2. The van der Waals surface area contributed by atoms with Crippen LogP contribution in [0.25, 0.3) is 0 Å². The summed E-state index contributed by atoms with van der Waals surface area (Å²) in [5.74, 6) is 0. The third kappa shape index (κ3) is 3.98. The Kier molecular flexibility index (Phi) is 4.83. The number of rotatable bonds is 4. The zero-order valence-corrected chi connectivity index (χ0v) is 11.8. The van der Waals surface area contributed by atoms with E-state index in [2.05, 4.69) is 56.7 Å². The normalized spacial score (nSPS) is 21.4. The van der Waals surface area contributed by atoms with Crippen LogP contribution in [0.4, 0.5) is 5.69 Å². The van der Waals surface area contributed by atoms with Crippen molar-refractivity contribution in [1.82, 2.24) is 10.2 Å². The second-order valence-electron chi connectivity index (χ2n) is 4.61. The van der Waals surface area contributed by atoms with Crippen molar-refractivity contribution < 1.29 is 0 Å². The number of benzene rings is 1. The molecule has 1 unspecified atom stereocenters. The lowest BCUT2D eigenvalue weighted by atomic mass is 10.1. The number of para-hydroxylation sites is 1. The van der Waals surface area contributed by atoms with Gasteiger partial charge in [0.15, 0.2) is 0 Å². The second kappa shape index (κ2) is 6.38. The number of likely N-dealkylation sites (N-methyl/N-ethyl adjacent to an activating group) is 1. The summed E-state index contributed by atoms with van der Waals surface area (Å²) in [4.78, 5) is 2.39. The summed E-state index contributed by atoms with van der Waals surface area (Å²) < 4.78 is 1.13. The topological polar surface area (TPSA) is 27.3 Å². The van der Waals surface area contributed by atoms with Crippen molar-refractivity contribution in [3.63, 3.8) is 0 Å². The molecule has 2 rings (SSSR count). The maximum atomic E-state index is 3.56. The molecule has 1 aromatic rings. The number of hydrogen-bond acceptors (Lipinski definition) is 3. The first-order chi connectivity index (χ1) is 8.25. The summed E-state index contributed by atoms with van der Waals surface area (Å²) in [6.07, 6.45) is 1.16. The van der Waals surface area contributed by atoms with E-state index in [-0.39, 0.29) is 0 Å². The molecule has 1 heterocycles. The van der Waals surface area contributed by atoms with Crippen molar-refractivity contribution >= 4 is 21.6 Å². The maximum Gasteiger partial charge on any atom is 0.0484 e. The average molecular weight is 298 g/mol. The first-order valence-electron chi connectivity index (χ1n) is 6.16. The molecule has 1 aromatic carbocycles. The van der Waals surface area contributed by atoms with Crippen molar-refractivity contribution in [1.29, 1.82) is 0 Å². The van der Waals surface area contributed by atoms with Gasteiger partial charge in [-0.2, -0.15) is 0 Å².